The number of hydrogen-bond acceptors (Lipinski definition) is 1. The maximum Gasteiger partial charge on any atom is -0.00172 e. The smallest absolute Gasteiger partial charge is 0.00172 e. The average molecular weight is 249 g/mol. The Morgan fingerprint density at radius 1 is 1.06 bits per heavy atom. The van der Waals surface area contributed by atoms with Crippen LogP contribution >= 0.6 is 0 Å². The predicted molar refractivity (Wildman–Crippen MR) is 77.5 cm³/mol. The molecule has 104 valence electrons. The van der Waals surface area contributed by atoms with E-state index in [1.165, 1.54) is 45.2 Å². The van der Waals surface area contributed by atoms with Gasteiger partial charge in [-0.15, -0.1) is 0 Å². The summed E-state index contributed by atoms with van der Waals surface area (Å²) in [6.45, 7) is 12.4. The van der Waals surface area contributed by atoms with Crippen LogP contribution in [-0.4, -0.2) is 13.1 Å². The monoisotopic (exact) mass is 249 g/mol. The molecule has 1 heterocycles. The molecule has 2 saturated carbocycles. The number of hydrogen-bond donors (Lipinski definition) is 1. The molecular formula is C17H31N. The Morgan fingerprint density at radius 3 is 2.44 bits per heavy atom. The first-order valence-electron chi connectivity index (χ1n) is 8.08. The molecule has 1 N–H and O–H groups in total. The summed E-state index contributed by atoms with van der Waals surface area (Å²) in [5.41, 5.74) is 1.19. The van der Waals surface area contributed by atoms with Crippen molar-refractivity contribution in [3.05, 3.63) is 0 Å². The van der Waals surface area contributed by atoms with Crippen LogP contribution in [0.5, 0.6) is 0 Å². The molecule has 0 amide bonds. The highest BCUT2D eigenvalue weighted by Gasteiger charge is 2.55. The second-order valence-corrected chi connectivity index (χ2v) is 8.95. The maximum absolute atomic E-state index is 3.60. The van der Waals surface area contributed by atoms with Gasteiger partial charge in [0.1, 0.15) is 0 Å². The lowest BCUT2D eigenvalue weighted by Crippen LogP contribution is -2.26. The van der Waals surface area contributed by atoms with Gasteiger partial charge >= 0.3 is 0 Å². The van der Waals surface area contributed by atoms with E-state index < -0.39 is 0 Å². The summed E-state index contributed by atoms with van der Waals surface area (Å²) < 4.78 is 0. The summed E-state index contributed by atoms with van der Waals surface area (Å²) in [5, 5.41) is 3.60. The predicted octanol–water partition coefficient (Wildman–Crippen LogP) is 4.08. The minimum Gasteiger partial charge on any atom is -0.316 e. The van der Waals surface area contributed by atoms with Crippen LogP contribution in [0.25, 0.3) is 0 Å². The molecule has 1 aliphatic heterocycles. The zero-order valence-electron chi connectivity index (χ0n) is 12.8. The van der Waals surface area contributed by atoms with Gasteiger partial charge in [0.25, 0.3) is 0 Å². The minimum atomic E-state index is 0.510. The van der Waals surface area contributed by atoms with Crippen molar-refractivity contribution in [3.8, 4) is 0 Å². The molecular weight excluding hydrogens is 218 g/mol. The second kappa shape index (κ2) is 4.23. The van der Waals surface area contributed by atoms with Crippen molar-refractivity contribution in [1.82, 2.24) is 5.32 Å². The minimum absolute atomic E-state index is 0.510. The molecule has 1 nitrogen and oxygen atoms in total. The molecule has 1 saturated heterocycles. The van der Waals surface area contributed by atoms with E-state index in [0.717, 1.165) is 23.7 Å². The van der Waals surface area contributed by atoms with Gasteiger partial charge in [-0.05, 0) is 79.7 Å². The Kier molecular flexibility index (Phi) is 3.05. The summed E-state index contributed by atoms with van der Waals surface area (Å²) in [6.07, 6.45) is 7.49. The third-order valence-corrected chi connectivity index (χ3v) is 5.92. The SMILES string of the molecule is CC(C)(C)CC1(C)CC1C1CCC2CNCC2C1. The van der Waals surface area contributed by atoms with Crippen LogP contribution in [0.2, 0.25) is 0 Å². The molecule has 0 aromatic heterocycles. The van der Waals surface area contributed by atoms with Crippen LogP contribution in [-0.2, 0) is 0 Å². The van der Waals surface area contributed by atoms with Crippen LogP contribution in [0.15, 0.2) is 0 Å². The molecule has 0 aromatic carbocycles. The Bertz CT molecular complexity index is 316. The van der Waals surface area contributed by atoms with Crippen molar-refractivity contribution in [1.29, 1.82) is 0 Å². The van der Waals surface area contributed by atoms with Crippen molar-refractivity contribution in [2.45, 2.75) is 59.8 Å². The van der Waals surface area contributed by atoms with E-state index in [0.29, 0.717) is 10.8 Å². The van der Waals surface area contributed by atoms with Gasteiger partial charge in [-0.1, -0.05) is 27.7 Å². The maximum atomic E-state index is 3.60. The summed E-state index contributed by atoms with van der Waals surface area (Å²) >= 11 is 0. The quantitative estimate of drug-likeness (QED) is 0.777. The van der Waals surface area contributed by atoms with E-state index in [2.05, 4.69) is 33.0 Å². The topological polar surface area (TPSA) is 12.0 Å². The van der Waals surface area contributed by atoms with Gasteiger partial charge in [0.15, 0.2) is 0 Å². The number of rotatable bonds is 2. The van der Waals surface area contributed by atoms with Crippen molar-refractivity contribution in [2.75, 3.05) is 13.1 Å². The first-order chi connectivity index (χ1) is 8.37. The first-order valence-corrected chi connectivity index (χ1v) is 8.08. The zero-order chi connectivity index (χ0) is 13.0. The van der Waals surface area contributed by atoms with E-state index in [1.54, 1.807) is 0 Å². The second-order valence-electron chi connectivity index (χ2n) is 8.95. The van der Waals surface area contributed by atoms with E-state index >= 15 is 0 Å². The Morgan fingerprint density at radius 2 is 1.72 bits per heavy atom. The lowest BCUT2D eigenvalue weighted by atomic mass is 9.71. The lowest BCUT2D eigenvalue weighted by molar-refractivity contribution is 0.174. The van der Waals surface area contributed by atoms with Crippen molar-refractivity contribution < 1.29 is 0 Å². The molecule has 18 heavy (non-hydrogen) atoms. The summed E-state index contributed by atoms with van der Waals surface area (Å²) in [4.78, 5) is 0. The molecule has 0 bridgehead atoms. The third-order valence-electron chi connectivity index (χ3n) is 5.92. The van der Waals surface area contributed by atoms with Crippen LogP contribution in [0.3, 0.4) is 0 Å². The van der Waals surface area contributed by atoms with Crippen LogP contribution < -0.4 is 5.32 Å². The van der Waals surface area contributed by atoms with Gasteiger partial charge in [-0.3, -0.25) is 0 Å². The van der Waals surface area contributed by atoms with Crippen molar-refractivity contribution in [3.63, 3.8) is 0 Å². The Balaban J connectivity index is 1.58. The number of nitrogens with one attached hydrogen (secondary N) is 1. The van der Waals surface area contributed by atoms with E-state index in [9.17, 15) is 0 Å². The molecule has 0 radical (unpaired) electrons. The molecule has 3 aliphatic rings. The largest absolute Gasteiger partial charge is 0.316 e. The van der Waals surface area contributed by atoms with Gasteiger partial charge in [-0.2, -0.15) is 0 Å². The summed E-state index contributed by atoms with van der Waals surface area (Å²) in [7, 11) is 0. The van der Waals surface area contributed by atoms with Crippen LogP contribution in [0, 0.1) is 34.5 Å². The van der Waals surface area contributed by atoms with Crippen molar-refractivity contribution in [2.24, 2.45) is 34.5 Å². The van der Waals surface area contributed by atoms with E-state index in [1.807, 2.05) is 0 Å². The third kappa shape index (κ3) is 2.48. The molecule has 0 spiro atoms. The highest BCUT2D eigenvalue weighted by molar-refractivity contribution is 5.05. The van der Waals surface area contributed by atoms with Gasteiger partial charge in [0.05, 0.1) is 0 Å². The van der Waals surface area contributed by atoms with Gasteiger partial charge in [-0.25, -0.2) is 0 Å². The molecule has 1 heteroatoms. The Hall–Kier alpha value is -0.0400. The fourth-order valence-corrected chi connectivity index (χ4v) is 5.30. The van der Waals surface area contributed by atoms with Crippen molar-refractivity contribution >= 4 is 0 Å². The fraction of sp³-hybridized carbons (Fsp3) is 1.00. The fourth-order valence-electron chi connectivity index (χ4n) is 5.30. The highest BCUT2D eigenvalue weighted by atomic mass is 14.9. The van der Waals surface area contributed by atoms with E-state index in [4.69, 9.17) is 0 Å². The molecule has 3 fully saturated rings. The molecule has 5 unspecified atom stereocenters. The molecule has 0 aromatic rings. The van der Waals surface area contributed by atoms with Gasteiger partial charge in [0.2, 0.25) is 0 Å². The first kappa shape index (κ1) is 13.0. The summed E-state index contributed by atoms with van der Waals surface area (Å²) in [6, 6.07) is 0. The normalized spacial score (nSPS) is 48.0. The number of fused-ring (bicyclic) bond motifs is 1. The van der Waals surface area contributed by atoms with E-state index in [-0.39, 0.29) is 0 Å². The highest BCUT2D eigenvalue weighted by Crippen LogP contribution is 2.64. The average Bonchev–Trinajstić information content (AvgIpc) is 2.73. The van der Waals surface area contributed by atoms with Crippen LogP contribution in [0.4, 0.5) is 0 Å². The Labute approximate surface area is 113 Å². The molecule has 2 aliphatic carbocycles. The summed E-state index contributed by atoms with van der Waals surface area (Å²) in [5.74, 6) is 4.15. The lowest BCUT2D eigenvalue weighted by Gasteiger charge is -2.33. The standard InChI is InChI=1S/C17H31N/c1-16(2,3)11-17(4)8-15(17)12-5-6-13-9-18-10-14(13)7-12/h12-15,18H,5-11H2,1-4H3. The molecule has 5 atom stereocenters. The van der Waals surface area contributed by atoms with Crippen LogP contribution in [0.1, 0.15) is 59.8 Å². The van der Waals surface area contributed by atoms with Gasteiger partial charge < -0.3 is 5.32 Å². The molecule has 3 rings (SSSR count). The zero-order valence-corrected chi connectivity index (χ0v) is 12.8. The van der Waals surface area contributed by atoms with Gasteiger partial charge in [0, 0.05) is 0 Å².